The van der Waals surface area contributed by atoms with Crippen LogP contribution in [0.1, 0.15) is 16.8 Å². The Morgan fingerprint density at radius 3 is 2.63 bits per heavy atom. The van der Waals surface area contributed by atoms with Crippen LogP contribution in [-0.2, 0) is 6.42 Å². The summed E-state index contributed by atoms with van der Waals surface area (Å²) in [6.07, 6.45) is 3.01. The Balaban J connectivity index is 1.43. The van der Waals surface area contributed by atoms with E-state index in [4.69, 9.17) is 0 Å². The fraction of sp³-hybridized carbons (Fsp3) is 0.182. The van der Waals surface area contributed by atoms with Gasteiger partial charge in [-0.15, -0.1) is 0 Å². The van der Waals surface area contributed by atoms with Crippen molar-refractivity contribution in [3.63, 3.8) is 0 Å². The SMILES string of the molecule is Cc1ccc(Nc2nc(C)cc(NCCc3c[nH]c4ccccc34)n2)cc1. The lowest BCUT2D eigenvalue weighted by atomic mass is 10.1. The van der Waals surface area contributed by atoms with Crippen molar-refractivity contribution in [1.82, 2.24) is 15.0 Å². The molecule has 0 aliphatic carbocycles. The van der Waals surface area contributed by atoms with Gasteiger partial charge in [0.05, 0.1) is 0 Å². The van der Waals surface area contributed by atoms with Crippen LogP contribution in [0.25, 0.3) is 10.9 Å². The molecule has 136 valence electrons. The van der Waals surface area contributed by atoms with Crippen LogP contribution < -0.4 is 10.6 Å². The van der Waals surface area contributed by atoms with Gasteiger partial charge in [-0.2, -0.15) is 4.98 Å². The fourth-order valence-electron chi connectivity index (χ4n) is 3.14. The summed E-state index contributed by atoms with van der Waals surface area (Å²) in [5.41, 5.74) is 5.62. The molecule has 0 aliphatic heterocycles. The minimum absolute atomic E-state index is 0.605. The zero-order chi connectivity index (χ0) is 18.6. The summed E-state index contributed by atoms with van der Waals surface area (Å²) in [5, 5.41) is 7.97. The van der Waals surface area contributed by atoms with Crippen molar-refractivity contribution in [2.75, 3.05) is 17.2 Å². The van der Waals surface area contributed by atoms with Gasteiger partial charge in [-0.3, -0.25) is 0 Å². The zero-order valence-electron chi connectivity index (χ0n) is 15.6. The Hall–Kier alpha value is -3.34. The molecule has 3 N–H and O–H groups in total. The largest absolute Gasteiger partial charge is 0.370 e. The molecule has 4 rings (SSSR count). The first kappa shape index (κ1) is 17.1. The topological polar surface area (TPSA) is 65.6 Å². The average molecular weight is 357 g/mol. The minimum atomic E-state index is 0.605. The van der Waals surface area contributed by atoms with Crippen LogP contribution in [0.4, 0.5) is 17.5 Å². The van der Waals surface area contributed by atoms with Gasteiger partial charge in [0.2, 0.25) is 5.95 Å². The third-order valence-corrected chi connectivity index (χ3v) is 4.54. The number of benzene rings is 2. The van der Waals surface area contributed by atoms with Crippen LogP contribution in [0.3, 0.4) is 0 Å². The Morgan fingerprint density at radius 1 is 0.963 bits per heavy atom. The molecule has 2 aromatic carbocycles. The number of H-pyrrole nitrogens is 1. The summed E-state index contributed by atoms with van der Waals surface area (Å²) in [6, 6.07) is 18.5. The van der Waals surface area contributed by atoms with Gasteiger partial charge in [-0.05, 0) is 44.0 Å². The van der Waals surface area contributed by atoms with Crippen LogP contribution in [0.5, 0.6) is 0 Å². The van der Waals surface area contributed by atoms with Crippen molar-refractivity contribution < 1.29 is 0 Å². The molecular formula is C22H23N5. The van der Waals surface area contributed by atoms with Gasteiger partial charge in [0.25, 0.3) is 0 Å². The Labute approximate surface area is 158 Å². The van der Waals surface area contributed by atoms with Gasteiger partial charge < -0.3 is 15.6 Å². The van der Waals surface area contributed by atoms with E-state index < -0.39 is 0 Å². The molecule has 5 nitrogen and oxygen atoms in total. The highest BCUT2D eigenvalue weighted by molar-refractivity contribution is 5.83. The summed E-state index contributed by atoms with van der Waals surface area (Å²) < 4.78 is 0. The maximum Gasteiger partial charge on any atom is 0.229 e. The Kier molecular flexibility index (Phi) is 4.75. The van der Waals surface area contributed by atoms with Crippen molar-refractivity contribution in [2.45, 2.75) is 20.3 Å². The third-order valence-electron chi connectivity index (χ3n) is 4.54. The molecule has 0 unspecified atom stereocenters. The number of para-hydroxylation sites is 1. The quantitative estimate of drug-likeness (QED) is 0.456. The molecule has 0 saturated heterocycles. The molecule has 0 atom stereocenters. The van der Waals surface area contributed by atoms with Crippen molar-refractivity contribution in [2.24, 2.45) is 0 Å². The molecule has 0 spiro atoms. The smallest absolute Gasteiger partial charge is 0.229 e. The van der Waals surface area contributed by atoms with Gasteiger partial charge in [0, 0.05) is 41.1 Å². The number of aryl methyl sites for hydroxylation is 2. The highest BCUT2D eigenvalue weighted by Gasteiger charge is 2.05. The number of aromatic nitrogens is 3. The number of anilines is 3. The van der Waals surface area contributed by atoms with Crippen molar-refractivity contribution in [1.29, 1.82) is 0 Å². The molecule has 2 heterocycles. The standard InChI is InChI=1S/C22H23N5/c1-15-7-9-18(10-8-15)26-22-25-16(2)13-21(27-22)23-12-11-17-14-24-20-6-4-3-5-19(17)20/h3-10,13-14,24H,11-12H2,1-2H3,(H2,23,25,26,27). The molecule has 2 aromatic heterocycles. The number of hydrogen-bond acceptors (Lipinski definition) is 4. The van der Waals surface area contributed by atoms with E-state index in [0.29, 0.717) is 5.95 Å². The molecule has 0 amide bonds. The maximum absolute atomic E-state index is 4.59. The van der Waals surface area contributed by atoms with Crippen molar-refractivity contribution in [3.8, 4) is 0 Å². The molecule has 4 aromatic rings. The first-order chi connectivity index (χ1) is 13.2. The van der Waals surface area contributed by atoms with E-state index in [1.165, 1.54) is 22.0 Å². The summed E-state index contributed by atoms with van der Waals surface area (Å²) >= 11 is 0. The number of nitrogens with zero attached hydrogens (tertiary/aromatic N) is 2. The molecule has 0 aliphatic rings. The number of fused-ring (bicyclic) bond motifs is 1. The van der Waals surface area contributed by atoms with Crippen LogP contribution in [0.2, 0.25) is 0 Å². The van der Waals surface area contributed by atoms with Crippen molar-refractivity contribution >= 4 is 28.4 Å². The monoisotopic (exact) mass is 357 g/mol. The highest BCUT2D eigenvalue weighted by Crippen LogP contribution is 2.19. The van der Waals surface area contributed by atoms with Crippen LogP contribution in [0, 0.1) is 13.8 Å². The molecule has 5 heteroatoms. The first-order valence-corrected chi connectivity index (χ1v) is 9.15. The molecule has 0 bridgehead atoms. The summed E-state index contributed by atoms with van der Waals surface area (Å²) in [5.74, 6) is 1.44. The van der Waals surface area contributed by atoms with Gasteiger partial charge in [0.1, 0.15) is 5.82 Å². The summed E-state index contributed by atoms with van der Waals surface area (Å²) in [7, 11) is 0. The van der Waals surface area contributed by atoms with E-state index in [1.807, 2.05) is 31.2 Å². The van der Waals surface area contributed by atoms with E-state index in [1.54, 1.807) is 0 Å². The molecule has 0 radical (unpaired) electrons. The second kappa shape index (κ2) is 7.50. The predicted molar refractivity (Wildman–Crippen MR) is 112 cm³/mol. The first-order valence-electron chi connectivity index (χ1n) is 9.15. The fourth-order valence-corrected chi connectivity index (χ4v) is 3.14. The number of aromatic amines is 1. The predicted octanol–water partition coefficient (Wildman–Crippen LogP) is 4.97. The summed E-state index contributed by atoms with van der Waals surface area (Å²) in [6.45, 7) is 4.86. The van der Waals surface area contributed by atoms with Gasteiger partial charge in [-0.1, -0.05) is 35.9 Å². The third kappa shape index (κ3) is 4.08. The summed E-state index contributed by atoms with van der Waals surface area (Å²) in [4.78, 5) is 12.4. The van der Waals surface area contributed by atoms with Gasteiger partial charge >= 0.3 is 0 Å². The number of hydrogen-bond donors (Lipinski definition) is 3. The Bertz CT molecular complexity index is 1050. The van der Waals surface area contributed by atoms with E-state index in [2.05, 4.69) is 69.0 Å². The van der Waals surface area contributed by atoms with E-state index in [0.717, 1.165) is 30.2 Å². The lowest BCUT2D eigenvalue weighted by Crippen LogP contribution is -2.08. The van der Waals surface area contributed by atoms with Crippen LogP contribution in [-0.4, -0.2) is 21.5 Å². The number of rotatable bonds is 6. The number of nitrogens with one attached hydrogen (secondary N) is 3. The Morgan fingerprint density at radius 2 is 1.78 bits per heavy atom. The van der Waals surface area contributed by atoms with E-state index in [-0.39, 0.29) is 0 Å². The van der Waals surface area contributed by atoms with Crippen LogP contribution in [0.15, 0.2) is 60.8 Å². The molecule has 0 saturated carbocycles. The van der Waals surface area contributed by atoms with Crippen LogP contribution >= 0.6 is 0 Å². The molecular weight excluding hydrogens is 334 g/mol. The highest BCUT2D eigenvalue weighted by atomic mass is 15.1. The average Bonchev–Trinajstić information content (AvgIpc) is 3.07. The maximum atomic E-state index is 4.59. The van der Waals surface area contributed by atoms with E-state index >= 15 is 0 Å². The van der Waals surface area contributed by atoms with Gasteiger partial charge in [-0.25, -0.2) is 4.98 Å². The van der Waals surface area contributed by atoms with Crippen molar-refractivity contribution in [3.05, 3.63) is 77.6 Å². The zero-order valence-corrected chi connectivity index (χ0v) is 15.6. The molecule has 0 fully saturated rings. The second-order valence-electron chi connectivity index (χ2n) is 6.75. The lowest BCUT2D eigenvalue weighted by Gasteiger charge is -2.10. The molecule has 27 heavy (non-hydrogen) atoms. The second-order valence-corrected chi connectivity index (χ2v) is 6.75. The van der Waals surface area contributed by atoms with Gasteiger partial charge in [0.15, 0.2) is 0 Å². The minimum Gasteiger partial charge on any atom is -0.370 e. The van der Waals surface area contributed by atoms with E-state index in [9.17, 15) is 0 Å². The normalized spacial score (nSPS) is 10.9. The lowest BCUT2D eigenvalue weighted by molar-refractivity contribution is 1.00.